The van der Waals surface area contributed by atoms with Crippen LogP contribution in [0.1, 0.15) is 60.6 Å². The smallest absolute Gasteiger partial charge is 0.268 e. The molecule has 0 aliphatic carbocycles. The third kappa shape index (κ3) is 3.06. The Morgan fingerprint density at radius 2 is 1.94 bits per heavy atom. The first-order chi connectivity index (χ1) is 14.8. The van der Waals surface area contributed by atoms with Gasteiger partial charge in [-0.25, -0.2) is 9.67 Å². The Labute approximate surface area is 179 Å². The number of carbonyl (C=O) groups is 2. The van der Waals surface area contributed by atoms with Crippen LogP contribution in [0.25, 0.3) is 21.9 Å². The Morgan fingerprint density at radius 1 is 1.13 bits per heavy atom. The highest BCUT2D eigenvalue weighted by molar-refractivity contribution is 6.07. The SMILES string of the molecule is CC1NC(=O)c2cc3ccc(C(=O)Nc4cnc5c(cnn5C(C)C)c4)cc3n2C1C. The highest BCUT2D eigenvalue weighted by Gasteiger charge is 2.29. The number of carbonyl (C=O) groups excluding carboxylic acids is 2. The zero-order valence-electron chi connectivity index (χ0n) is 17.9. The molecule has 1 aliphatic rings. The topological polar surface area (TPSA) is 93.8 Å². The Morgan fingerprint density at radius 3 is 2.71 bits per heavy atom. The molecule has 5 rings (SSSR count). The number of hydrogen-bond acceptors (Lipinski definition) is 4. The highest BCUT2D eigenvalue weighted by Crippen LogP contribution is 2.30. The number of nitrogens with one attached hydrogen (secondary N) is 2. The zero-order chi connectivity index (χ0) is 21.9. The Balaban J connectivity index is 1.48. The summed E-state index contributed by atoms with van der Waals surface area (Å²) in [5.74, 6) is -0.315. The molecule has 0 fully saturated rings. The second kappa shape index (κ2) is 6.94. The van der Waals surface area contributed by atoms with Gasteiger partial charge >= 0.3 is 0 Å². The molecule has 1 aliphatic heterocycles. The lowest BCUT2D eigenvalue weighted by Gasteiger charge is -2.30. The summed E-state index contributed by atoms with van der Waals surface area (Å²) in [6.45, 7) is 8.15. The van der Waals surface area contributed by atoms with E-state index in [1.807, 2.05) is 54.3 Å². The van der Waals surface area contributed by atoms with Gasteiger partial charge in [0, 0.05) is 33.9 Å². The van der Waals surface area contributed by atoms with Crippen LogP contribution in [-0.4, -0.2) is 37.2 Å². The van der Waals surface area contributed by atoms with Crippen LogP contribution in [0, 0.1) is 0 Å². The fourth-order valence-electron chi connectivity index (χ4n) is 4.19. The van der Waals surface area contributed by atoms with E-state index in [-0.39, 0.29) is 29.9 Å². The summed E-state index contributed by atoms with van der Waals surface area (Å²) < 4.78 is 3.87. The molecule has 0 saturated heterocycles. The van der Waals surface area contributed by atoms with Crippen molar-refractivity contribution in [3.05, 3.63) is 54.0 Å². The van der Waals surface area contributed by atoms with Crippen molar-refractivity contribution in [2.75, 3.05) is 5.32 Å². The molecule has 3 aromatic heterocycles. The van der Waals surface area contributed by atoms with Crippen molar-refractivity contribution in [1.29, 1.82) is 0 Å². The summed E-state index contributed by atoms with van der Waals surface area (Å²) in [4.78, 5) is 29.8. The van der Waals surface area contributed by atoms with Gasteiger partial charge in [0.2, 0.25) is 0 Å². The van der Waals surface area contributed by atoms with Crippen molar-refractivity contribution in [1.82, 2.24) is 24.6 Å². The van der Waals surface area contributed by atoms with E-state index in [1.54, 1.807) is 18.5 Å². The van der Waals surface area contributed by atoms with Gasteiger partial charge in [-0.1, -0.05) is 6.07 Å². The molecule has 8 heteroatoms. The van der Waals surface area contributed by atoms with E-state index in [1.165, 1.54) is 0 Å². The van der Waals surface area contributed by atoms with E-state index in [0.717, 1.165) is 21.9 Å². The first kappa shape index (κ1) is 19.3. The number of nitrogens with zero attached hydrogens (tertiary/aromatic N) is 4. The van der Waals surface area contributed by atoms with Crippen LogP contribution in [-0.2, 0) is 0 Å². The van der Waals surface area contributed by atoms with Crippen LogP contribution in [0.4, 0.5) is 5.69 Å². The molecule has 0 radical (unpaired) electrons. The van der Waals surface area contributed by atoms with Gasteiger partial charge in [0.15, 0.2) is 5.65 Å². The van der Waals surface area contributed by atoms with E-state index in [4.69, 9.17) is 0 Å². The highest BCUT2D eigenvalue weighted by atomic mass is 16.2. The van der Waals surface area contributed by atoms with Crippen LogP contribution < -0.4 is 10.6 Å². The molecular formula is C23H24N6O2. The summed E-state index contributed by atoms with van der Waals surface area (Å²) >= 11 is 0. The normalized spacial score (nSPS) is 18.4. The van der Waals surface area contributed by atoms with Gasteiger partial charge in [-0.3, -0.25) is 9.59 Å². The molecule has 4 aromatic rings. The summed E-state index contributed by atoms with van der Waals surface area (Å²) in [6, 6.07) is 9.56. The maximum atomic E-state index is 13.0. The van der Waals surface area contributed by atoms with Crippen molar-refractivity contribution in [2.24, 2.45) is 0 Å². The van der Waals surface area contributed by atoms with Gasteiger partial charge in [0.05, 0.1) is 24.1 Å². The molecule has 8 nitrogen and oxygen atoms in total. The number of pyridine rings is 1. The average Bonchev–Trinajstić information content (AvgIpc) is 3.33. The van der Waals surface area contributed by atoms with E-state index in [0.29, 0.717) is 16.9 Å². The number of anilines is 1. The van der Waals surface area contributed by atoms with Gasteiger partial charge in [-0.05, 0) is 52.0 Å². The Kier molecular flexibility index (Phi) is 4.32. The lowest BCUT2D eigenvalue weighted by molar-refractivity contribution is 0.0891. The molecule has 31 heavy (non-hydrogen) atoms. The lowest BCUT2D eigenvalue weighted by atomic mass is 10.1. The van der Waals surface area contributed by atoms with Gasteiger partial charge in [-0.15, -0.1) is 0 Å². The number of rotatable bonds is 3. The quantitative estimate of drug-likeness (QED) is 0.529. The average molecular weight is 416 g/mol. The molecule has 158 valence electrons. The molecule has 2 unspecified atom stereocenters. The fourth-order valence-corrected chi connectivity index (χ4v) is 4.19. The number of aromatic nitrogens is 4. The summed E-state index contributed by atoms with van der Waals surface area (Å²) in [7, 11) is 0. The minimum absolute atomic E-state index is 0.0117. The minimum atomic E-state index is -0.226. The van der Waals surface area contributed by atoms with Crippen LogP contribution >= 0.6 is 0 Å². The van der Waals surface area contributed by atoms with Crippen molar-refractivity contribution >= 4 is 39.4 Å². The van der Waals surface area contributed by atoms with Gasteiger partial charge < -0.3 is 15.2 Å². The largest absolute Gasteiger partial charge is 0.346 e. The molecule has 2 atom stereocenters. The van der Waals surface area contributed by atoms with E-state index >= 15 is 0 Å². The standard InChI is InChI=1S/C23H24N6O2/c1-12(2)29-21-17(10-25-29)7-18(11-24-21)27-22(30)16-6-5-15-8-20-23(31)26-13(3)14(4)28(20)19(15)9-16/h5-14H,1-4H3,(H,26,31)(H,27,30). The van der Waals surface area contributed by atoms with Crippen molar-refractivity contribution in [3.8, 4) is 0 Å². The minimum Gasteiger partial charge on any atom is -0.346 e. The first-order valence-corrected chi connectivity index (χ1v) is 10.4. The van der Waals surface area contributed by atoms with Crippen molar-refractivity contribution < 1.29 is 9.59 Å². The van der Waals surface area contributed by atoms with Crippen LogP contribution in [0.3, 0.4) is 0 Å². The van der Waals surface area contributed by atoms with Gasteiger partial charge in [0.1, 0.15) is 5.69 Å². The number of fused-ring (bicyclic) bond motifs is 4. The van der Waals surface area contributed by atoms with Crippen LogP contribution in [0.5, 0.6) is 0 Å². The van der Waals surface area contributed by atoms with Crippen LogP contribution in [0.15, 0.2) is 42.7 Å². The van der Waals surface area contributed by atoms with E-state index in [9.17, 15) is 9.59 Å². The second-order valence-electron chi connectivity index (χ2n) is 8.45. The Bertz CT molecular complexity index is 1350. The third-order valence-electron chi connectivity index (χ3n) is 6.01. The predicted molar refractivity (Wildman–Crippen MR) is 119 cm³/mol. The maximum Gasteiger partial charge on any atom is 0.268 e. The molecule has 0 saturated carbocycles. The number of amides is 2. The molecule has 2 amide bonds. The molecule has 0 spiro atoms. The Hall–Kier alpha value is -3.68. The molecule has 2 N–H and O–H groups in total. The third-order valence-corrected chi connectivity index (χ3v) is 6.01. The number of hydrogen-bond donors (Lipinski definition) is 2. The maximum absolute atomic E-state index is 13.0. The predicted octanol–water partition coefficient (Wildman–Crippen LogP) is 3.91. The van der Waals surface area contributed by atoms with Gasteiger partial charge in [-0.2, -0.15) is 5.10 Å². The summed E-state index contributed by atoms with van der Waals surface area (Å²) in [6.07, 6.45) is 3.40. The van der Waals surface area contributed by atoms with Crippen molar-refractivity contribution in [3.63, 3.8) is 0 Å². The number of benzene rings is 1. The lowest BCUT2D eigenvalue weighted by Crippen LogP contribution is -2.44. The summed E-state index contributed by atoms with van der Waals surface area (Å²) in [5, 5.41) is 12.1. The van der Waals surface area contributed by atoms with E-state index in [2.05, 4.69) is 27.6 Å². The first-order valence-electron chi connectivity index (χ1n) is 10.4. The van der Waals surface area contributed by atoms with Crippen LogP contribution in [0.2, 0.25) is 0 Å². The second-order valence-corrected chi connectivity index (χ2v) is 8.45. The van der Waals surface area contributed by atoms with Gasteiger partial charge in [0.25, 0.3) is 11.8 Å². The monoisotopic (exact) mass is 416 g/mol. The molecule has 1 aromatic carbocycles. The van der Waals surface area contributed by atoms with E-state index < -0.39 is 0 Å². The van der Waals surface area contributed by atoms with Crippen molar-refractivity contribution in [2.45, 2.75) is 45.8 Å². The molecule has 0 bridgehead atoms. The molecule has 4 heterocycles. The fraction of sp³-hybridized carbons (Fsp3) is 0.304. The molecular weight excluding hydrogens is 392 g/mol. The summed E-state index contributed by atoms with van der Waals surface area (Å²) in [5.41, 5.74) is 3.42. The zero-order valence-corrected chi connectivity index (χ0v) is 17.9.